The zero-order valence-corrected chi connectivity index (χ0v) is 11.5. The average molecular weight is 282 g/mol. The van der Waals surface area contributed by atoms with Crippen molar-refractivity contribution in [2.24, 2.45) is 0 Å². The van der Waals surface area contributed by atoms with Crippen LogP contribution in [0, 0.1) is 0 Å². The maximum absolute atomic E-state index is 12.4. The van der Waals surface area contributed by atoms with Crippen LogP contribution in [0.3, 0.4) is 0 Å². The minimum absolute atomic E-state index is 0.317. The molecular formula is C15H14N4O2. The second-order valence-electron chi connectivity index (χ2n) is 4.46. The summed E-state index contributed by atoms with van der Waals surface area (Å²) in [5, 5.41) is 8.22. The highest BCUT2D eigenvalue weighted by atomic mass is 16.5. The number of benzene rings is 1. The third-order valence-electron chi connectivity index (χ3n) is 3.15. The van der Waals surface area contributed by atoms with Crippen LogP contribution < -0.4 is 0 Å². The Kier molecular flexibility index (Phi) is 3.59. The molecule has 0 aliphatic rings. The van der Waals surface area contributed by atoms with Gasteiger partial charge in [-0.15, -0.1) is 10.2 Å². The van der Waals surface area contributed by atoms with Crippen LogP contribution in [0.1, 0.15) is 24.2 Å². The molecule has 2 aromatic heterocycles. The summed E-state index contributed by atoms with van der Waals surface area (Å²) in [7, 11) is 0. The van der Waals surface area contributed by atoms with Crippen molar-refractivity contribution in [1.82, 2.24) is 19.6 Å². The zero-order valence-electron chi connectivity index (χ0n) is 11.5. The second-order valence-corrected chi connectivity index (χ2v) is 4.46. The molecule has 0 saturated carbocycles. The van der Waals surface area contributed by atoms with E-state index in [2.05, 4.69) is 15.2 Å². The lowest BCUT2D eigenvalue weighted by atomic mass is 9.98. The van der Waals surface area contributed by atoms with Crippen LogP contribution in [0.2, 0.25) is 0 Å². The van der Waals surface area contributed by atoms with Gasteiger partial charge in [0.15, 0.2) is 11.5 Å². The number of aromatic nitrogens is 4. The number of carbonyl (C=O) groups is 1. The van der Waals surface area contributed by atoms with Crippen molar-refractivity contribution in [2.45, 2.75) is 12.8 Å². The summed E-state index contributed by atoms with van der Waals surface area (Å²) in [4.78, 5) is 16.4. The molecule has 3 rings (SSSR count). The summed E-state index contributed by atoms with van der Waals surface area (Å²) in [6.07, 6.45) is 3.23. The Bertz CT molecular complexity index is 754. The van der Waals surface area contributed by atoms with Gasteiger partial charge in [-0.2, -0.15) is 0 Å². The van der Waals surface area contributed by atoms with Crippen molar-refractivity contribution in [3.63, 3.8) is 0 Å². The highest BCUT2D eigenvalue weighted by molar-refractivity contribution is 5.81. The van der Waals surface area contributed by atoms with Crippen molar-refractivity contribution < 1.29 is 9.53 Å². The largest absolute Gasteiger partial charge is 0.465 e. The first kappa shape index (κ1) is 13.2. The standard InChI is InChI=1S/C15H14N4O2/c1-2-21-15(20)13(11-6-4-3-5-7-11)14-18-17-12-8-9-16-10-19(12)14/h3-10,13H,2H2,1H3. The van der Waals surface area contributed by atoms with Crippen molar-refractivity contribution >= 4 is 11.6 Å². The van der Waals surface area contributed by atoms with Gasteiger partial charge >= 0.3 is 5.97 Å². The maximum atomic E-state index is 12.4. The normalized spacial score (nSPS) is 12.2. The van der Waals surface area contributed by atoms with Gasteiger partial charge in [0.2, 0.25) is 0 Å². The Morgan fingerprint density at radius 3 is 2.81 bits per heavy atom. The topological polar surface area (TPSA) is 69.4 Å². The number of fused-ring (bicyclic) bond motifs is 1. The van der Waals surface area contributed by atoms with Gasteiger partial charge in [0.25, 0.3) is 0 Å². The van der Waals surface area contributed by atoms with Crippen molar-refractivity contribution in [3.05, 3.63) is 60.3 Å². The van der Waals surface area contributed by atoms with Crippen LogP contribution in [0.15, 0.2) is 48.9 Å². The zero-order chi connectivity index (χ0) is 14.7. The number of esters is 1. The van der Waals surface area contributed by atoms with Gasteiger partial charge in [0, 0.05) is 12.3 Å². The predicted molar refractivity (Wildman–Crippen MR) is 75.7 cm³/mol. The molecule has 6 nitrogen and oxygen atoms in total. The molecule has 106 valence electrons. The van der Waals surface area contributed by atoms with Crippen molar-refractivity contribution in [2.75, 3.05) is 6.61 Å². The summed E-state index contributed by atoms with van der Waals surface area (Å²) in [5.74, 6) is -0.463. The molecule has 21 heavy (non-hydrogen) atoms. The Hall–Kier alpha value is -2.76. The van der Waals surface area contributed by atoms with Crippen LogP contribution in [-0.4, -0.2) is 32.2 Å². The number of rotatable bonds is 4. The van der Waals surface area contributed by atoms with E-state index in [1.807, 2.05) is 30.3 Å². The molecule has 1 unspecified atom stereocenters. The van der Waals surface area contributed by atoms with Crippen LogP contribution in [0.5, 0.6) is 0 Å². The molecule has 6 heteroatoms. The number of hydrogen-bond donors (Lipinski definition) is 0. The van der Waals surface area contributed by atoms with Crippen LogP contribution in [-0.2, 0) is 9.53 Å². The van der Waals surface area contributed by atoms with Gasteiger partial charge in [-0.1, -0.05) is 30.3 Å². The molecular weight excluding hydrogens is 268 g/mol. The molecule has 0 aliphatic heterocycles. The third kappa shape index (κ3) is 2.47. The van der Waals surface area contributed by atoms with E-state index in [9.17, 15) is 4.79 Å². The number of nitrogens with zero attached hydrogens (tertiary/aromatic N) is 4. The first-order valence-corrected chi connectivity index (χ1v) is 6.67. The maximum Gasteiger partial charge on any atom is 0.321 e. The molecule has 0 amide bonds. The Balaban J connectivity index is 2.13. The molecule has 0 aliphatic carbocycles. The lowest BCUT2D eigenvalue weighted by Crippen LogP contribution is -2.19. The van der Waals surface area contributed by atoms with E-state index in [1.54, 1.807) is 29.9 Å². The van der Waals surface area contributed by atoms with E-state index >= 15 is 0 Å². The fourth-order valence-electron chi connectivity index (χ4n) is 2.22. The minimum Gasteiger partial charge on any atom is -0.465 e. The van der Waals surface area contributed by atoms with E-state index in [0.29, 0.717) is 18.1 Å². The molecule has 0 spiro atoms. The average Bonchev–Trinajstić information content (AvgIpc) is 2.93. The smallest absolute Gasteiger partial charge is 0.321 e. The van der Waals surface area contributed by atoms with Crippen LogP contribution >= 0.6 is 0 Å². The van der Waals surface area contributed by atoms with Crippen LogP contribution in [0.4, 0.5) is 0 Å². The summed E-state index contributed by atoms with van der Waals surface area (Å²) in [5.41, 5.74) is 1.46. The van der Waals surface area contributed by atoms with E-state index < -0.39 is 5.92 Å². The van der Waals surface area contributed by atoms with E-state index in [4.69, 9.17) is 4.74 Å². The number of hydrogen-bond acceptors (Lipinski definition) is 5. The fraction of sp³-hybridized carbons (Fsp3) is 0.200. The molecule has 0 bridgehead atoms. The van der Waals surface area contributed by atoms with E-state index in [1.165, 1.54) is 0 Å². The van der Waals surface area contributed by atoms with Crippen LogP contribution in [0.25, 0.3) is 5.65 Å². The first-order valence-electron chi connectivity index (χ1n) is 6.67. The van der Waals surface area contributed by atoms with Gasteiger partial charge in [0.1, 0.15) is 12.2 Å². The number of ether oxygens (including phenoxy) is 1. The summed E-state index contributed by atoms with van der Waals surface area (Å²) in [6.45, 7) is 2.10. The first-order chi connectivity index (χ1) is 10.3. The van der Waals surface area contributed by atoms with Crippen molar-refractivity contribution in [1.29, 1.82) is 0 Å². The highest BCUT2D eigenvalue weighted by Gasteiger charge is 2.28. The second kappa shape index (κ2) is 5.70. The molecule has 0 saturated heterocycles. The van der Waals surface area contributed by atoms with Gasteiger partial charge < -0.3 is 4.74 Å². The molecule has 1 aromatic carbocycles. The summed E-state index contributed by atoms with van der Waals surface area (Å²) < 4.78 is 6.89. The fourth-order valence-corrected chi connectivity index (χ4v) is 2.22. The minimum atomic E-state index is -0.620. The van der Waals surface area contributed by atoms with Gasteiger partial charge in [-0.05, 0) is 12.5 Å². The molecule has 2 heterocycles. The molecule has 1 atom stereocenters. The Labute approximate surface area is 121 Å². The van der Waals surface area contributed by atoms with E-state index in [-0.39, 0.29) is 5.97 Å². The third-order valence-corrected chi connectivity index (χ3v) is 3.15. The summed E-state index contributed by atoms with van der Waals surface area (Å²) in [6, 6.07) is 11.1. The van der Waals surface area contributed by atoms with E-state index in [0.717, 1.165) is 5.56 Å². The SMILES string of the molecule is CCOC(=O)C(c1ccccc1)c1nnc2ccncn12. The monoisotopic (exact) mass is 282 g/mol. The Morgan fingerprint density at radius 1 is 1.24 bits per heavy atom. The molecule has 3 aromatic rings. The quantitative estimate of drug-likeness (QED) is 0.683. The van der Waals surface area contributed by atoms with Gasteiger partial charge in [-0.25, -0.2) is 4.98 Å². The number of carbonyl (C=O) groups excluding carboxylic acids is 1. The molecule has 0 fully saturated rings. The lowest BCUT2D eigenvalue weighted by molar-refractivity contribution is -0.144. The molecule has 0 N–H and O–H groups in total. The Morgan fingerprint density at radius 2 is 2.05 bits per heavy atom. The predicted octanol–water partition coefficient (Wildman–Crippen LogP) is 1.82. The van der Waals surface area contributed by atoms with Crippen molar-refractivity contribution in [3.8, 4) is 0 Å². The van der Waals surface area contributed by atoms with Gasteiger partial charge in [-0.3, -0.25) is 9.20 Å². The summed E-state index contributed by atoms with van der Waals surface area (Å²) >= 11 is 0. The van der Waals surface area contributed by atoms with Gasteiger partial charge in [0.05, 0.1) is 6.61 Å². The lowest BCUT2D eigenvalue weighted by Gasteiger charge is -2.14. The molecule has 0 radical (unpaired) electrons. The highest BCUT2D eigenvalue weighted by Crippen LogP contribution is 2.24.